The minimum Gasteiger partial charge on any atom is -0.378 e. The molecule has 0 aromatic carbocycles. The standard InChI is InChI=1S/C10H19NO2.C9H16O/c11-10(12)7-4-8-13-9-5-2-1-3-6-9;1-2-9(10)8-6-4-3-5-7-8/h9H,1-8H2,(H2,11,12);8H,2-7H2,1H3. The summed E-state index contributed by atoms with van der Waals surface area (Å²) < 4.78 is 5.63. The maximum absolute atomic E-state index is 11.2. The average molecular weight is 325 g/mol. The van der Waals surface area contributed by atoms with E-state index in [1.807, 2.05) is 6.92 Å². The summed E-state index contributed by atoms with van der Waals surface area (Å²) >= 11 is 0. The Labute approximate surface area is 141 Å². The highest BCUT2D eigenvalue weighted by molar-refractivity contribution is 5.80. The van der Waals surface area contributed by atoms with Gasteiger partial charge in [-0.2, -0.15) is 0 Å². The van der Waals surface area contributed by atoms with Crippen molar-refractivity contribution in [2.24, 2.45) is 11.7 Å². The molecule has 134 valence electrons. The third kappa shape index (κ3) is 9.75. The predicted molar refractivity (Wildman–Crippen MR) is 93.1 cm³/mol. The fourth-order valence-corrected chi connectivity index (χ4v) is 3.44. The van der Waals surface area contributed by atoms with Gasteiger partial charge in [0.15, 0.2) is 0 Å². The summed E-state index contributed by atoms with van der Waals surface area (Å²) in [6, 6.07) is 0. The van der Waals surface area contributed by atoms with Crippen molar-refractivity contribution in [3.05, 3.63) is 0 Å². The molecule has 0 atom stereocenters. The molecule has 0 aromatic rings. The van der Waals surface area contributed by atoms with Crippen LogP contribution < -0.4 is 5.73 Å². The number of carbonyl (C=O) groups excluding carboxylic acids is 2. The first kappa shape index (κ1) is 20.1. The molecule has 1 amide bonds. The topological polar surface area (TPSA) is 69.4 Å². The molecule has 2 aliphatic rings. The number of nitrogens with two attached hydrogens (primary N) is 1. The van der Waals surface area contributed by atoms with Gasteiger partial charge in [-0.15, -0.1) is 0 Å². The van der Waals surface area contributed by atoms with E-state index in [1.54, 1.807) is 0 Å². The highest BCUT2D eigenvalue weighted by atomic mass is 16.5. The van der Waals surface area contributed by atoms with E-state index in [2.05, 4.69) is 0 Å². The Bertz CT molecular complexity index is 332. The van der Waals surface area contributed by atoms with Gasteiger partial charge in [0.1, 0.15) is 5.78 Å². The maximum atomic E-state index is 11.2. The molecule has 0 aliphatic heterocycles. The van der Waals surface area contributed by atoms with Crippen LogP contribution in [0.25, 0.3) is 0 Å². The van der Waals surface area contributed by atoms with Crippen LogP contribution in [0, 0.1) is 5.92 Å². The molecular weight excluding hydrogens is 290 g/mol. The molecule has 2 N–H and O–H groups in total. The van der Waals surface area contributed by atoms with E-state index in [4.69, 9.17) is 10.5 Å². The van der Waals surface area contributed by atoms with Crippen molar-refractivity contribution in [1.29, 1.82) is 0 Å². The number of carbonyl (C=O) groups is 2. The van der Waals surface area contributed by atoms with Crippen molar-refractivity contribution in [2.45, 2.75) is 96.5 Å². The first-order valence-corrected chi connectivity index (χ1v) is 9.56. The second-order valence-corrected chi connectivity index (χ2v) is 6.86. The van der Waals surface area contributed by atoms with E-state index in [1.165, 1.54) is 51.4 Å². The van der Waals surface area contributed by atoms with Crippen molar-refractivity contribution in [2.75, 3.05) is 6.61 Å². The monoisotopic (exact) mass is 325 g/mol. The molecule has 0 heterocycles. The van der Waals surface area contributed by atoms with E-state index in [9.17, 15) is 9.59 Å². The molecule has 0 radical (unpaired) electrons. The SMILES string of the molecule is CCC(=O)C1CCCCC1.NC(=O)CCCOC1CCCCC1. The molecule has 0 bridgehead atoms. The van der Waals surface area contributed by atoms with E-state index in [0.29, 0.717) is 30.8 Å². The van der Waals surface area contributed by atoms with Gasteiger partial charge in [0, 0.05) is 25.4 Å². The number of hydrogen-bond donors (Lipinski definition) is 1. The Hall–Kier alpha value is -0.900. The number of primary amides is 1. The minimum absolute atomic E-state index is 0.229. The van der Waals surface area contributed by atoms with Gasteiger partial charge < -0.3 is 10.5 Å². The smallest absolute Gasteiger partial charge is 0.217 e. The Morgan fingerprint density at radius 2 is 1.52 bits per heavy atom. The lowest BCUT2D eigenvalue weighted by Gasteiger charge is -2.21. The van der Waals surface area contributed by atoms with Crippen LogP contribution in [0.2, 0.25) is 0 Å². The Kier molecular flexibility index (Phi) is 11.0. The van der Waals surface area contributed by atoms with Gasteiger partial charge in [0.05, 0.1) is 6.10 Å². The second kappa shape index (κ2) is 12.5. The molecule has 2 aliphatic carbocycles. The van der Waals surface area contributed by atoms with Crippen LogP contribution in [0.1, 0.15) is 90.4 Å². The number of ether oxygens (including phenoxy) is 1. The van der Waals surface area contributed by atoms with Gasteiger partial charge >= 0.3 is 0 Å². The lowest BCUT2D eigenvalue weighted by atomic mass is 9.85. The number of Topliss-reactive ketones (excluding diaryl/α,β-unsaturated/α-hetero) is 1. The van der Waals surface area contributed by atoms with Crippen molar-refractivity contribution in [3.8, 4) is 0 Å². The Balaban J connectivity index is 0.000000238. The minimum atomic E-state index is -0.229. The number of amides is 1. The lowest BCUT2D eigenvalue weighted by molar-refractivity contribution is -0.123. The van der Waals surface area contributed by atoms with Crippen LogP contribution in [-0.2, 0) is 14.3 Å². The van der Waals surface area contributed by atoms with E-state index in [0.717, 1.165) is 25.7 Å². The van der Waals surface area contributed by atoms with Crippen molar-refractivity contribution in [1.82, 2.24) is 0 Å². The fourth-order valence-electron chi connectivity index (χ4n) is 3.44. The molecule has 0 spiro atoms. The summed E-state index contributed by atoms with van der Waals surface area (Å²) in [5, 5.41) is 0. The van der Waals surface area contributed by atoms with Crippen LogP contribution >= 0.6 is 0 Å². The highest BCUT2D eigenvalue weighted by Gasteiger charge is 2.18. The summed E-state index contributed by atoms with van der Waals surface area (Å²) in [6.45, 7) is 2.66. The van der Waals surface area contributed by atoms with E-state index < -0.39 is 0 Å². The zero-order chi connectivity index (χ0) is 16.9. The van der Waals surface area contributed by atoms with Gasteiger partial charge in [-0.1, -0.05) is 45.4 Å². The first-order chi connectivity index (χ1) is 11.1. The molecule has 23 heavy (non-hydrogen) atoms. The zero-order valence-electron chi connectivity index (χ0n) is 14.9. The molecule has 4 nitrogen and oxygen atoms in total. The normalized spacial score (nSPS) is 19.7. The van der Waals surface area contributed by atoms with E-state index >= 15 is 0 Å². The molecule has 2 rings (SSSR count). The van der Waals surface area contributed by atoms with Gasteiger partial charge in [-0.05, 0) is 32.1 Å². The number of hydrogen-bond acceptors (Lipinski definition) is 3. The number of ketones is 1. The van der Waals surface area contributed by atoms with Crippen LogP contribution in [0.3, 0.4) is 0 Å². The first-order valence-electron chi connectivity index (χ1n) is 9.56. The van der Waals surface area contributed by atoms with Gasteiger partial charge in [0.2, 0.25) is 5.91 Å². The second-order valence-electron chi connectivity index (χ2n) is 6.86. The zero-order valence-corrected chi connectivity index (χ0v) is 14.9. The average Bonchev–Trinajstić information content (AvgIpc) is 2.60. The van der Waals surface area contributed by atoms with Crippen LogP contribution in [0.15, 0.2) is 0 Å². The van der Waals surface area contributed by atoms with Crippen LogP contribution in [-0.4, -0.2) is 24.4 Å². The summed E-state index contributed by atoms with van der Waals surface area (Å²) in [4.78, 5) is 21.6. The molecule has 4 heteroatoms. The van der Waals surface area contributed by atoms with Gasteiger partial charge in [-0.3, -0.25) is 9.59 Å². The quantitative estimate of drug-likeness (QED) is 0.715. The third-order valence-corrected chi connectivity index (χ3v) is 4.88. The Morgan fingerprint density at radius 3 is 2.04 bits per heavy atom. The molecule has 2 saturated carbocycles. The third-order valence-electron chi connectivity index (χ3n) is 4.88. The van der Waals surface area contributed by atoms with Crippen LogP contribution in [0.5, 0.6) is 0 Å². The van der Waals surface area contributed by atoms with E-state index in [-0.39, 0.29) is 5.91 Å². The summed E-state index contributed by atoms with van der Waals surface area (Å²) in [5.41, 5.74) is 5.02. The molecule has 0 unspecified atom stereocenters. The van der Waals surface area contributed by atoms with Crippen molar-refractivity contribution < 1.29 is 14.3 Å². The molecule has 0 aromatic heterocycles. The van der Waals surface area contributed by atoms with Crippen molar-refractivity contribution >= 4 is 11.7 Å². The molecule has 2 fully saturated rings. The van der Waals surface area contributed by atoms with Crippen LogP contribution in [0.4, 0.5) is 0 Å². The summed E-state index contributed by atoms with van der Waals surface area (Å²) in [6.07, 6.45) is 14.9. The lowest BCUT2D eigenvalue weighted by Crippen LogP contribution is -2.18. The molecule has 0 saturated heterocycles. The Morgan fingerprint density at radius 1 is 0.957 bits per heavy atom. The highest BCUT2D eigenvalue weighted by Crippen LogP contribution is 2.24. The maximum Gasteiger partial charge on any atom is 0.217 e. The van der Waals surface area contributed by atoms with Gasteiger partial charge in [-0.25, -0.2) is 0 Å². The molecular formula is C19H35NO3. The van der Waals surface area contributed by atoms with Crippen molar-refractivity contribution in [3.63, 3.8) is 0 Å². The van der Waals surface area contributed by atoms with Gasteiger partial charge in [0.25, 0.3) is 0 Å². The summed E-state index contributed by atoms with van der Waals surface area (Å²) in [5.74, 6) is 0.686. The fraction of sp³-hybridized carbons (Fsp3) is 0.895. The predicted octanol–water partition coefficient (Wildman–Crippen LogP) is 4.15. The summed E-state index contributed by atoms with van der Waals surface area (Å²) in [7, 11) is 0. The number of rotatable bonds is 7. The largest absolute Gasteiger partial charge is 0.378 e.